The molecule has 2 aromatic carbocycles. The molecule has 3 rings (SSSR count). The van der Waals surface area contributed by atoms with Gasteiger partial charge in [-0.3, -0.25) is 14.9 Å². The molecule has 0 unspecified atom stereocenters. The minimum absolute atomic E-state index is 0.0450. The molecule has 0 aromatic heterocycles. The van der Waals surface area contributed by atoms with Crippen LogP contribution in [0.1, 0.15) is 18.9 Å². The number of halogens is 2. The van der Waals surface area contributed by atoms with Gasteiger partial charge >= 0.3 is 6.03 Å². The molecular weight excluding hydrogens is 487 g/mol. The molecule has 34 heavy (non-hydrogen) atoms. The largest absolute Gasteiger partial charge is 0.495 e. The van der Waals surface area contributed by atoms with Crippen LogP contribution in [0.25, 0.3) is 6.08 Å². The fourth-order valence-electron chi connectivity index (χ4n) is 3.23. The number of carbonyl (C=O) groups is 3. The number of ether oxygens (including phenoxy) is 4. The Morgan fingerprint density at radius 2 is 1.59 bits per heavy atom. The normalized spacial score (nSPS) is 14.8. The van der Waals surface area contributed by atoms with E-state index in [-0.39, 0.29) is 32.8 Å². The van der Waals surface area contributed by atoms with Crippen molar-refractivity contribution in [2.24, 2.45) is 0 Å². The molecule has 1 heterocycles. The van der Waals surface area contributed by atoms with Gasteiger partial charge in [0, 0.05) is 12.1 Å². The number of hydrogen-bond acceptors (Lipinski definition) is 7. The summed E-state index contributed by atoms with van der Waals surface area (Å²) in [5.74, 6) is -0.730. The maximum Gasteiger partial charge on any atom is 0.336 e. The Labute approximate surface area is 206 Å². The number of hydrogen-bond donors (Lipinski definition) is 1. The Morgan fingerprint density at radius 3 is 2.21 bits per heavy atom. The Kier molecular flexibility index (Phi) is 7.90. The summed E-state index contributed by atoms with van der Waals surface area (Å²) in [5, 5.41) is 2.61. The zero-order valence-electron chi connectivity index (χ0n) is 18.9. The van der Waals surface area contributed by atoms with Crippen LogP contribution in [0.2, 0.25) is 10.0 Å². The second-order valence-corrected chi connectivity index (χ2v) is 7.81. The number of methoxy groups -OCH3 is 3. The van der Waals surface area contributed by atoms with Gasteiger partial charge in [-0.1, -0.05) is 30.1 Å². The first-order chi connectivity index (χ1) is 16.2. The van der Waals surface area contributed by atoms with Crippen molar-refractivity contribution in [2.75, 3.05) is 32.8 Å². The molecule has 11 heteroatoms. The smallest absolute Gasteiger partial charge is 0.336 e. The standard InChI is InChI=1S/C23H22Cl2N2O7/c1-5-6-34-20-15(25)8-12(9-19(20)33-4)7-13-21(28)26-23(30)27(22(13)29)16-11-17(31-2)14(24)10-18(16)32-3/h7-11H,5-6H2,1-4H3,(H,26,28,30)/b13-7+. The molecule has 2 aromatic rings. The number of benzene rings is 2. The second kappa shape index (κ2) is 10.7. The summed E-state index contributed by atoms with van der Waals surface area (Å²) in [6.07, 6.45) is 2.07. The molecule has 0 spiro atoms. The van der Waals surface area contributed by atoms with Crippen LogP contribution in [0, 0.1) is 0 Å². The average molecular weight is 509 g/mol. The molecule has 180 valence electrons. The topological polar surface area (TPSA) is 103 Å². The number of barbiturate groups is 1. The molecule has 0 bridgehead atoms. The molecule has 1 N–H and O–H groups in total. The molecule has 1 aliphatic rings. The van der Waals surface area contributed by atoms with Gasteiger partial charge in [0.1, 0.15) is 17.1 Å². The highest BCUT2D eigenvalue weighted by Gasteiger charge is 2.38. The summed E-state index contributed by atoms with van der Waals surface area (Å²) in [4.78, 5) is 39.3. The molecule has 0 radical (unpaired) electrons. The van der Waals surface area contributed by atoms with Crippen LogP contribution in [0.3, 0.4) is 0 Å². The van der Waals surface area contributed by atoms with Crippen molar-refractivity contribution < 1.29 is 33.3 Å². The van der Waals surface area contributed by atoms with E-state index in [1.54, 1.807) is 6.07 Å². The SMILES string of the molecule is CCCOc1c(Cl)cc(/C=C2\C(=O)NC(=O)N(c3cc(OC)c(Cl)cc3OC)C2=O)cc1OC. The van der Waals surface area contributed by atoms with Crippen molar-refractivity contribution in [3.63, 3.8) is 0 Å². The minimum atomic E-state index is -0.950. The number of carbonyl (C=O) groups excluding carboxylic acids is 3. The summed E-state index contributed by atoms with van der Waals surface area (Å²) >= 11 is 12.5. The lowest BCUT2D eigenvalue weighted by atomic mass is 10.1. The molecule has 1 saturated heterocycles. The monoisotopic (exact) mass is 508 g/mol. The van der Waals surface area contributed by atoms with Crippen LogP contribution >= 0.6 is 23.2 Å². The Balaban J connectivity index is 2.08. The van der Waals surface area contributed by atoms with Gasteiger partial charge in [0.25, 0.3) is 11.8 Å². The van der Waals surface area contributed by atoms with Crippen molar-refractivity contribution in [2.45, 2.75) is 13.3 Å². The number of urea groups is 1. The predicted molar refractivity (Wildman–Crippen MR) is 127 cm³/mol. The first-order valence-electron chi connectivity index (χ1n) is 10.1. The van der Waals surface area contributed by atoms with Gasteiger partial charge in [-0.05, 0) is 30.2 Å². The van der Waals surface area contributed by atoms with E-state index >= 15 is 0 Å². The zero-order valence-corrected chi connectivity index (χ0v) is 20.4. The van der Waals surface area contributed by atoms with Crippen LogP contribution in [0.15, 0.2) is 29.8 Å². The number of rotatable bonds is 8. The Hall–Kier alpha value is -3.43. The van der Waals surface area contributed by atoms with Crippen LogP contribution < -0.4 is 29.2 Å². The van der Waals surface area contributed by atoms with E-state index in [0.717, 1.165) is 11.3 Å². The van der Waals surface area contributed by atoms with Crippen LogP contribution in [-0.4, -0.2) is 45.8 Å². The third-order valence-electron chi connectivity index (χ3n) is 4.81. The van der Waals surface area contributed by atoms with Crippen molar-refractivity contribution in [1.29, 1.82) is 0 Å². The average Bonchev–Trinajstić information content (AvgIpc) is 2.81. The van der Waals surface area contributed by atoms with Crippen molar-refractivity contribution in [3.8, 4) is 23.0 Å². The van der Waals surface area contributed by atoms with E-state index in [9.17, 15) is 14.4 Å². The van der Waals surface area contributed by atoms with E-state index in [4.69, 9.17) is 42.1 Å². The number of nitrogens with zero attached hydrogens (tertiary/aromatic N) is 1. The number of nitrogens with one attached hydrogen (secondary N) is 1. The molecule has 1 aliphatic heterocycles. The molecular formula is C23H22Cl2N2O7. The molecule has 0 aliphatic carbocycles. The van der Waals surface area contributed by atoms with Gasteiger partial charge in [-0.25, -0.2) is 9.69 Å². The molecule has 0 saturated carbocycles. The Bertz CT molecular complexity index is 1180. The van der Waals surface area contributed by atoms with Gasteiger partial charge < -0.3 is 18.9 Å². The lowest BCUT2D eigenvalue weighted by molar-refractivity contribution is -0.122. The van der Waals surface area contributed by atoms with Gasteiger partial charge in [-0.2, -0.15) is 0 Å². The minimum Gasteiger partial charge on any atom is -0.495 e. The zero-order chi connectivity index (χ0) is 25.0. The highest BCUT2D eigenvalue weighted by molar-refractivity contribution is 6.40. The van der Waals surface area contributed by atoms with Gasteiger partial charge in [-0.15, -0.1) is 0 Å². The van der Waals surface area contributed by atoms with Crippen LogP contribution in [0.5, 0.6) is 23.0 Å². The van der Waals surface area contributed by atoms with Gasteiger partial charge in [0.2, 0.25) is 0 Å². The molecule has 1 fully saturated rings. The van der Waals surface area contributed by atoms with E-state index in [1.807, 2.05) is 6.92 Å². The highest BCUT2D eigenvalue weighted by Crippen LogP contribution is 2.40. The van der Waals surface area contributed by atoms with Gasteiger partial charge in [0.15, 0.2) is 11.5 Å². The van der Waals surface area contributed by atoms with Crippen molar-refractivity contribution in [1.82, 2.24) is 5.32 Å². The number of imide groups is 2. The van der Waals surface area contributed by atoms with E-state index in [0.29, 0.717) is 23.7 Å². The van der Waals surface area contributed by atoms with E-state index < -0.39 is 17.8 Å². The van der Waals surface area contributed by atoms with Gasteiger partial charge in [0.05, 0.1) is 43.7 Å². The fourth-order valence-corrected chi connectivity index (χ4v) is 3.73. The first-order valence-corrected chi connectivity index (χ1v) is 10.8. The maximum absolute atomic E-state index is 13.3. The molecule has 9 nitrogen and oxygen atoms in total. The summed E-state index contributed by atoms with van der Waals surface area (Å²) < 4.78 is 21.4. The third kappa shape index (κ3) is 4.90. The quantitative estimate of drug-likeness (QED) is 0.414. The summed E-state index contributed by atoms with van der Waals surface area (Å²) in [6, 6.07) is 4.90. The lowest BCUT2D eigenvalue weighted by Gasteiger charge is -2.28. The lowest BCUT2D eigenvalue weighted by Crippen LogP contribution is -2.54. The predicted octanol–water partition coefficient (Wildman–Crippen LogP) is 4.47. The highest BCUT2D eigenvalue weighted by atomic mass is 35.5. The van der Waals surface area contributed by atoms with Crippen LogP contribution in [-0.2, 0) is 9.59 Å². The number of amides is 4. The summed E-state index contributed by atoms with van der Waals surface area (Å²) in [6.45, 7) is 2.38. The second-order valence-electron chi connectivity index (χ2n) is 7.00. The summed E-state index contributed by atoms with van der Waals surface area (Å²) in [7, 11) is 4.18. The third-order valence-corrected chi connectivity index (χ3v) is 5.39. The van der Waals surface area contributed by atoms with E-state index in [1.165, 1.54) is 45.6 Å². The first kappa shape index (κ1) is 25.2. The Morgan fingerprint density at radius 1 is 0.912 bits per heavy atom. The number of anilines is 1. The van der Waals surface area contributed by atoms with Crippen molar-refractivity contribution in [3.05, 3.63) is 45.4 Å². The molecule has 4 amide bonds. The van der Waals surface area contributed by atoms with Crippen LogP contribution in [0.4, 0.5) is 10.5 Å². The van der Waals surface area contributed by atoms with E-state index in [2.05, 4.69) is 5.32 Å². The fraction of sp³-hybridized carbons (Fsp3) is 0.261. The summed E-state index contributed by atoms with van der Waals surface area (Å²) in [5.41, 5.74) is 0.124. The van der Waals surface area contributed by atoms with Crippen molar-refractivity contribution >= 4 is 52.8 Å². The molecule has 0 atom stereocenters. The maximum atomic E-state index is 13.3.